The van der Waals surface area contributed by atoms with Gasteiger partial charge in [0, 0.05) is 25.6 Å². The number of halogens is 1. The molecule has 0 aromatic heterocycles. The molecule has 2 saturated heterocycles. The Bertz CT molecular complexity index is 342. The van der Waals surface area contributed by atoms with Crippen LogP contribution in [0, 0.1) is 0 Å². The van der Waals surface area contributed by atoms with Gasteiger partial charge in [-0.1, -0.05) is 0 Å². The Kier molecular flexibility index (Phi) is 4.65. The number of morpholine rings is 1. The van der Waals surface area contributed by atoms with Gasteiger partial charge in [-0.3, -0.25) is 0 Å². The third kappa shape index (κ3) is 2.93. The van der Waals surface area contributed by atoms with Crippen molar-refractivity contribution in [1.82, 2.24) is 4.31 Å². The van der Waals surface area contributed by atoms with Crippen molar-refractivity contribution in [3.63, 3.8) is 0 Å². The summed E-state index contributed by atoms with van der Waals surface area (Å²) in [5, 5.41) is -0.319. The highest BCUT2D eigenvalue weighted by Crippen LogP contribution is 2.23. The SMILES string of the molecule is O=S(=O)(C1CCOCC1)N1CCOCC1CCl. The van der Waals surface area contributed by atoms with Gasteiger partial charge in [-0.25, -0.2) is 8.42 Å². The van der Waals surface area contributed by atoms with E-state index in [0.717, 1.165) is 0 Å². The molecule has 0 aromatic carbocycles. The molecule has 17 heavy (non-hydrogen) atoms. The molecule has 0 spiro atoms. The van der Waals surface area contributed by atoms with Crippen molar-refractivity contribution < 1.29 is 17.9 Å². The second kappa shape index (κ2) is 5.84. The molecule has 0 aliphatic carbocycles. The maximum absolute atomic E-state index is 12.5. The fraction of sp³-hybridized carbons (Fsp3) is 1.00. The summed E-state index contributed by atoms with van der Waals surface area (Å²) in [6.45, 7) is 2.32. The van der Waals surface area contributed by atoms with Crippen LogP contribution in [0.3, 0.4) is 0 Å². The molecule has 0 radical (unpaired) electrons. The van der Waals surface area contributed by atoms with Crippen LogP contribution in [0.1, 0.15) is 12.8 Å². The zero-order valence-corrected chi connectivity index (χ0v) is 11.3. The van der Waals surface area contributed by atoms with Gasteiger partial charge in [-0.2, -0.15) is 4.31 Å². The normalized spacial score (nSPS) is 29.4. The van der Waals surface area contributed by atoms with Crippen LogP contribution in [0.25, 0.3) is 0 Å². The van der Waals surface area contributed by atoms with Crippen molar-refractivity contribution in [3.05, 3.63) is 0 Å². The molecule has 0 amide bonds. The Labute approximate surface area is 107 Å². The van der Waals surface area contributed by atoms with E-state index in [-0.39, 0.29) is 17.2 Å². The number of ether oxygens (including phenoxy) is 2. The number of hydrogen-bond donors (Lipinski definition) is 0. The number of nitrogens with zero attached hydrogens (tertiary/aromatic N) is 1. The van der Waals surface area contributed by atoms with E-state index < -0.39 is 10.0 Å². The summed E-state index contributed by atoms with van der Waals surface area (Å²) < 4.78 is 36.9. The van der Waals surface area contributed by atoms with Crippen LogP contribution < -0.4 is 0 Å². The molecule has 2 aliphatic heterocycles. The van der Waals surface area contributed by atoms with Crippen molar-refractivity contribution in [2.24, 2.45) is 0 Å². The van der Waals surface area contributed by atoms with Crippen LogP contribution in [0.15, 0.2) is 0 Å². The second-order valence-corrected chi connectivity index (χ2v) is 6.82. The van der Waals surface area contributed by atoms with Crippen LogP contribution in [0.2, 0.25) is 0 Å². The Balaban J connectivity index is 2.11. The highest BCUT2D eigenvalue weighted by atomic mass is 35.5. The Morgan fingerprint density at radius 1 is 1.18 bits per heavy atom. The van der Waals surface area contributed by atoms with E-state index in [1.54, 1.807) is 0 Å². The van der Waals surface area contributed by atoms with E-state index in [4.69, 9.17) is 21.1 Å². The number of alkyl halides is 1. The molecule has 2 heterocycles. The maximum Gasteiger partial charge on any atom is 0.217 e. The van der Waals surface area contributed by atoms with Crippen LogP contribution in [-0.2, 0) is 19.5 Å². The van der Waals surface area contributed by atoms with Gasteiger partial charge in [0.15, 0.2) is 0 Å². The van der Waals surface area contributed by atoms with Crippen LogP contribution >= 0.6 is 11.6 Å². The van der Waals surface area contributed by atoms with Gasteiger partial charge in [0.05, 0.1) is 24.5 Å². The molecule has 2 rings (SSSR count). The highest BCUT2D eigenvalue weighted by Gasteiger charge is 2.38. The third-order valence-corrected chi connectivity index (χ3v) is 6.07. The fourth-order valence-electron chi connectivity index (χ4n) is 2.26. The van der Waals surface area contributed by atoms with E-state index in [1.807, 2.05) is 0 Å². The van der Waals surface area contributed by atoms with Gasteiger partial charge >= 0.3 is 0 Å². The molecular weight excluding hydrogens is 266 g/mol. The Morgan fingerprint density at radius 2 is 1.88 bits per heavy atom. The zero-order chi connectivity index (χ0) is 12.3. The van der Waals surface area contributed by atoms with Crippen molar-refractivity contribution in [3.8, 4) is 0 Å². The van der Waals surface area contributed by atoms with Crippen molar-refractivity contribution in [2.75, 3.05) is 38.9 Å². The second-order valence-electron chi connectivity index (χ2n) is 4.35. The first kappa shape index (κ1) is 13.5. The summed E-state index contributed by atoms with van der Waals surface area (Å²) >= 11 is 5.81. The van der Waals surface area contributed by atoms with E-state index >= 15 is 0 Å². The molecule has 0 saturated carbocycles. The maximum atomic E-state index is 12.5. The highest BCUT2D eigenvalue weighted by molar-refractivity contribution is 7.89. The lowest BCUT2D eigenvalue weighted by Crippen LogP contribution is -2.53. The summed E-state index contributed by atoms with van der Waals surface area (Å²) in [5.41, 5.74) is 0. The van der Waals surface area contributed by atoms with Gasteiger partial charge in [0.25, 0.3) is 0 Å². The minimum absolute atomic E-state index is 0.224. The van der Waals surface area contributed by atoms with Crippen LogP contribution in [-0.4, -0.2) is 62.9 Å². The van der Waals surface area contributed by atoms with Gasteiger partial charge in [-0.15, -0.1) is 11.6 Å². The van der Waals surface area contributed by atoms with Crippen molar-refractivity contribution in [2.45, 2.75) is 24.1 Å². The minimum Gasteiger partial charge on any atom is -0.381 e. The molecule has 1 unspecified atom stereocenters. The van der Waals surface area contributed by atoms with Gasteiger partial charge in [-0.05, 0) is 12.8 Å². The average molecular weight is 284 g/mol. The molecule has 1 atom stereocenters. The lowest BCUT2D eigenvalue weighted by molar-refractivity contribution is 0.0383. The van der Waals surface area contributed by atoms with Gasteiger partial charge in [0.1, 0.15) is 0 Å². The number of hydrogen-bond acceptors (Lipinski definition) is 4. The summed E-state index contributed by atoms with van der Waals surface area (Å²) in [6.07, 6.45) is 1.16. The summed E-state index contributed by atoms with van der Waals surface area (Å²) in [6, 6.07) is -0.224. The van der Waals surface area contributed by atoms with E-state index in [1.165, 1.54) is 4.31 Å². The first-order valence-electron chi connectivity index (χ1n) is 5.88. The number of rotatable bonds is 3. The molecule has 2 fully saturated rings. The summed E-state index contributed by atoms with van der Waals surface area (Å²) in [7, 11) is -3.26. The summed E-state index contributed by atoms with van der Waals surface area (Å²) in [5.74, 6) is 0.280. The van der Waals surface area contributed by atoms with Crippen molar-refractivity contribution >= 4 is 21.6 Å². The quantitative estimate of drug-likeness (QED) is 0.705. The summed E-state index contributed by atoms with van der Waals surface area (Å²) in [4.78, 5) is 0. The topological polar surface area (TPSA) is 55.8 Å². The van der Waals surface area contributed by atoms with E-state index in [2.05, 4.69) is 0 Å². The smallest absolute Gasteiger partial charge is 0.217 e. The molecule has 0 bridgehead atoms. The largest absolute Gasteiger partial charge is 0.381 e. The molecule has 5 nitrogen and oxygen atoms in total. The Hall–Kier alpha value is 0.120. The standard InChI is InChI=1S/C10H18ClNO4S/c11-7-9-8-16-6-3-12(9)17(13,14)10-1-4-15-5-2-10/h9-10H,1-8H2. The molecule has 0 N–H and O–H groups in total. The van der Waals surface area contributed by atoms with Gasteiger partial charge in [0.2, 0.25) is 10.0 Å². The minimum atomic E-state index is -3.26. The predicted molar refractivity (Wildman–Crippen MR) is 64.8 cm³/mol. The van der Waals surface area contributed by atoms with Crippen LogP contribution in [0.5, 0.6) is 0 Å². The first-order chi connectivity index (χ1) is 8.16. The lowest BCUT2D eigenvalue weighted by atomic mass is 10.2. The average Bonchev–Trinajstić information content (AvgIpc) is 2.39. The zero-order valence-electron chi connectivity index (χ0n) is 9.68. The van der Waals surface area contributed by atoms with E-state index in [0.29, 0.717) is 45.8 Å². The lowest BCUT2D eigenvalue weighted by Gasteiger charge is -2.36. The molecule has 7 heteroatoms. The molecule has 100 valence electrons. The van der Waals surface area contributed by atoms with E-state index in [9.17, 15) is 8.42 Å². The monoisotopic (exact) mass is 283 g/mol. The number of sulfonamides is 1. The molecule has 0 aromatic rings. The molecular formula is C10H18ClNO4S. The van der Waals surface area contributed by atoms with Crippen molar-refractivity contribution in [1.29, 1.82) is 0 Å². The third-order valence-electron chi connectivity index (χ3n) is 3.27. The fourth-order valence-corrected chi connectivity index (χ4v) is 4.65. The predicted octanol–water partition coefficient (Wildman–Crippen LogP) is 0.435. The Morgan fingerprint density at radius 3 is 2.53 bits per heavy atom. The van der Waals surface area contributed by atoms with Gasteiger partial charge < -0.3 is 9.47 Å². The first-order valence-corrected chi connectivity index (χ1v) is 7.92. The van der Waals surface area contributed by atoms with Crippen LogP contribution in [0.4, 0.5) is 0 Å². The molecule has 2 aliphatic rings.